The molecule has 0 heterocycles. The van der Waals surface area contributed by atoms with Crippen molar-refractivity contribution < 1.29 is 19.9 Å². The Bertz CT molecular complexity index is 432. The molecule has 0 aliphatic rings. The first kappa shape index (κ1) is 11.9. The van der Waals surface area contributed by atoms with Crippen LogP contribution in [0.4, 0.5) is 5.69 Å². The summed E-state index contributed by atoms with van der Waals surface area (Å²) in [4.78, 5) is 20.1. The van der Waals surface area contributed by atoms with Gasteiger partial charge in [0.2, 0.25) is 0 Å². The van der Waals surface area contributed by atoms with Crippen molar-refractivity contribution >= 4 is 11.7 Å². The number of carbonyl (C=O) groups is 1. The van der Waals surface area contributed by atoms with Crippen LogP contribution in [0.15, 0.2) is 18.2 Å². The van der Waals surface area contributed by atoms with Gasteiger partial charge in [-0.25, -0.2) is 0 Å². The zero-order valence-corrected chi connectivity index (χ0v) is 8.16. The molecule has 0 amide bonds. The van der Waals surface area contributed by atoms with Gasteiger partial charge >= 0.3 is 11.7 Å². The molecule has 7 nitrogen and oxygen atoms in total. The third kappa shape index (κ3) is 2.67. The van der Waals surface area contributed by atoms with E-state index in [2.05, 4.69) is 0 Å². The molecule has 0 aromatic heterocycles. The number of nitrogens with zero attached hydrogens (tertiary/aromatic N) is 1. The molecule has 1 rings (SSSR count). The van der Waals surface area contributed by atoms with Crippen molar-refractivity contribution in [2.45, 2.75) is 12.5 Å². The first-order valence-corrected chi connectivity index (χ1v) is 4.36. The second-order valence-corrected chi connectivity index (χ2v) is 3.21. The third-order valence-corrected chi connectivity index (χ3v) is 2.02. The number of aromatic hydroxyl groups is 1. The average molecular weight is 226 g/mol. The molecule has 7 heteroatoms. The van der Waals surface area contributed by atoms with E-state index in [4.69, 9.17) is 10.8 Å². The van der Waals surface area contributed by atoms with E-state index in [0.717, 1.165) is 12.1 Å². The number of carboxylic acid groups (broad SMARTS) is 1. The lowest BCUT2D eigenvalue weighted by Gasteiger charge is -2.09. The highest BCUT2D eigenvalue weighted by Crippen LogP contribution is 2.28. The summed E-state index contributed by atoms with van der Waals surface area (Å²) in [5.41, 5.74) is 5.43. The molecule has 16 heavy (non-hydrogen) atoms. The lowest BCUT2D eigenvalue weighted by Crippen LogP contribution is -2.14. The Morgan fingerprint density at radius 1 is 1.56 bits per heavy atom. The van der Waals surface area contributed by atoms with Crippen LogP contribution in [-0.4, -0.2) is 21.1 Å². The van der Waals surface area contributed by atoms with Gasteiger partial charge in [0, 0.05) is 12.1 Å². The van der Waals surface area contributed by atoms with Crippen LogP contribution in [0, 0.1) is 10.1 Å². The van der Waals surface area contributed by atoms with Crippen LogP contribution < -0.4 is 5.73 Å². The highest BCUT2D eigenvalue weighted by Gasteiger charge is 2.17. The third-order valence-electron chi connectivity index (χ3n) is 2.02. The molecule has 1 aromatic rings. The number of rotatable bonds is 4. The van der Waals surface area contributed by atoms with Crippen molar-refractivity contribution in [1.29, 1.82) is 0 Å². The highest BCUT2D eigenvalue weighted by atomic mass is 16.6. The fraction of sp³-hybridized carbons (Fsp3) is 0.222. The lowest BCUT2D eigenvalue weighted by molar-refractivity contribution is -0.385. The minimum atomic E-state index is -1.08. The summed E-state index contributed by atoms with van der Waals surface area (Å²) in [7, 11) is 0. The van der Waals surface area contributed by atoms with E-state index >= 15 is 0 Å². The van der Waals surface area contributed by atoms with Gasteiger partial charge in [-0.2, -0.15) is 0 Å². The number of benzene rings is 1. The largest absolute Gasteiger partial charge is 0.502 e. The Kier molecular flexibility index (Phi) is 3.41. The minimum Gasteiger partial charge on any atom is -0.502 e. The Morgan fingerprint density at radius 3 is 2.62 bits per heavy atom. The molecule has 86 valence electrons. The van der Waals surface area contributed by atoms with Crippen LogP contribution in [0.3, 0.4) is 0 Å². The second kappa shape index (κ2) is 4.58. The number of nitrogens with two attached hydrogens (primary N) is 1. The van der Waals surface area contributed by atoms with Gasteiger partial charge in [-0.05, 0) is 11.6 Å². The molecule has 1 unspecified atom stereocenters. The summed E-state index contributed by atoms with van der Waals surface area (Å²) in [6.45, 7) is 0. The van der Waals surface area contributed by atoms with Crippen LogP contribution in [-0.2, 0) is 4.79 Å². The van der Waals surface area contributed by atoms with Gasteiger partial charge in [0.15, 0.2) is 5.75 Å². The minimum absolute atomic E-state index is 0.308. The quantitative estimate of drug-likeness (QED) is 0.514. The number of aliphatic carboxylic acids is 1. The molecule has 0 saturated heterocycles. The van der Waals surface area contributed by atoms with E-state index in [1.165, 1.54) is 6.07 Å². The number of nitro benzene ring substituents is 1. The average Bonchev–Trinajstić information content (AvgIpc) is 2.15. The fourth-order valence-corrected chi connectivity index (χ4v) is 1.23. The van der Waals surface area contributed by atoms with E-state index in [9.17, 15) is 20.0 Å². The van der Waals surface area contributed by atoms with Crippen molar-refractivity contribution in [1.82, 2.24) is 0 Å². The number of hydrogen-bond donors (Lipinski definition) is 3. The fourth-order valence-electron chi connectivity index (χ4n) is 1.23. The summed E-state index contributed by atoms with van der Waals surface area (Å²) in [5, 5.41) is 28.2. The maximum absolute atomic E-state index is 10.4. The Labute approximate surface area is 90.3 Å². The zero-order valence-electron chi connectivity index (χ0n) is 8.16. The van der Waals surface area contributed by atoms with Crippen LogP contribution in [0.1, 0.15) is 18.0 Å². The first-order valence-electron chi connectivity index (χ1n) is 4.36. The zero-order chi connectivity index (χ0) is 12.3. The van der Waals surface area contributed by atoms with E-state index in [1.807, 2.05) is 0 Å². The molecule has 0 aliphatic heterocycles. The van der Waals surface area contributed by atoms with Crippen LogP contribution in [0.2, 0.25) is 0 Å². The van der Waals surface area contributed by atoms with Gasteiger partial charge in [0.1, 0.15) is 0 Å². The van der Waals surface area contributed by atoms with Gasteiger partial charge in [-0.15, -0.1) is 0 Å². The molecule has 0 bridgehead atoms. The van der Waals surface area contributed by atoms with E-state index in [1.54, 1.807) is 0 Å². The summed E-state index contributed by atoms with van der Waals surface area (Å²) in [6.07, 6.45) is -0.308. The number of phenolic OH excluding ortho intramolecular Hbond substituents is 1. The standard InChI is InChI=1S/C9H10N2O5/c10-6(4-9(13)14)5-1-2-7(11(15)16)8(12)3-5/h1-3,6,12H,4,10H2,(H,13,14). The second-order valence-electron chi connectivity index (χ2n) is 3.21. The number of nitro groups is 1. The van der Waals surface area contributed by atoms with Crippen molar-refractivity contribution in [3.63, 3.8) is 0 Å². The lowest BCUT2D eigenvalue weighted by atomic mass is 10.0. The van der Waals surface area contributed by atoms with Crippen LogP contribution >= 0.6 is 0 Å². The molecule has 1 aromatic carbocycles. The number of hydrogen-bond acceptors (Lipinski definition) is 5. The Morgan fingerprint density at radius 2 is 2.19 bits per heavy atom. The highest BCUT2D eigenvalue weighted by molar-refractivity contribution is 5.68. The Hall–Kier alpha value is -2.15. The maximum Gasteiger partial charge on any atom is 0.310 e. The van der Waals surface area contributed by atoms with Gasteiger partial charge in [0.25, 0.3) is 0 Å². The van der Waals surface area contributed by atoms with Gasteiger partial charge in [-0.1, -0.05) is 6.07 Å². The maximum atomic E-state index is 10.4. The molecule has 0 spiro atoms. The number of phenols is 1. The van der Waals surface area contributed by atoms with Crippen molar-refractivity contribution in [3.05, 3.63) is 33.9 Å². The molecule has 0 saturated carbocycles. The predicted octanol–water partition coefficient (Wildman–Crippen LogP) is 0.775. The van der Waals surface area contributed by atoms with E-state index < -0.39 is 28.4 Å². The van der Waals surface area contributed by atoms with Crippen molar-refractivity contribution in [2.24, 2.45) is 5.73 Å². The molecular weight excluding hydrogens is 216 g/mol. The molecule has 0 fully saturated rings. The van der Waals surface area contributed by atoms with Crippen molar-refractivity contribution in [2.75, 3.05) is 0 Å². The summed E-state index contributed by atoms with van der Waals surface area (Å²) >= 11 is 0. The SMILES string of the molecule is NC(CC(=O)O)c1ccc([N+](=O)[O-])c(O)c1. The van der Waals surface area contributed by atoms with Crippen molar-refractivity contribution in [3.8, 4) is 5.75 Å². The Balaban J connectivity index is 2.96. The normalized spacial score (nSPS) is 12.1. The molecule has 0 radical (unpaired) electrons. The first-order chi connectivity index (χ1) is 7.41. The van der Waals surface area contributed by atoms with E-state index in [-0.39, 0.29) is 6.42 Å². The van der Waals surface area contributed by atoms with E-state index in [0.29, 0.717) is 5.56 Å². The van der Waals surface area contributed by atoms with Gasteiger partial charge < -0.3 is 15.9 Å². The molecular formula is C9H10N2O5. The van der Waals surface area contributed by atoms with Gasteiger partial charge in [-0.3, -0.25) is 14.9 Å². The topological polar surface area (TPSA) is 127 Å². The predicted molar refractivity (Wildman–Crippen MR) is 53.9 cm³/mol. The summed E-state index contributed by atoms with van der Waals surface area (Å²) in [5.74, 6) is -1.60. The molecule has 0 aliphatic carbocycles. The molecule has 1 atom stereocenters. The van der Waals surface area contributed by atoms with Gasteiger partial charge in [0.05, 0.1) is 11.3 Å². The monoisotopic (exact) mass is 226 g/mol. The summed E-state index contributed by atoms with van der Waals surface area (Å²) in [6, 6.07) is 2.72. The molecule has 4 N–H and O–H groups in total. The van der Waals surface area contributed by atoms with Crippen LogP contribution in [0.5, 0.6) is 5.75 Å². The number of carboxylic acids is 1. The van der Waals surface area contributed by atoms with Crippen LogP contribution in [0.25, 0.3) is 0 Å². The smallest absolute Gasteiger partial charge is 0.310 e. The summed E-state index contributed by atoms with van der Waals surface area (Å²) < 4.78 is 0.